The maximum absolute atomic E-state index is 12.4. The van der Waals surface area contributed by atoms with Gasteiger partial charge in [-0.25, -0.2) is 9.97 Å². The monoisotopic (exact) mass is 308 g/mol. The van der Waals surface area contributed by atoms with Gasteiger partial charge in [-0.2, -0.15) is 0 Å². The first-order valence-corrected chi connectivity index (χ1v) is 7.13. The van der Waals surface area contributed by atoms with Crippen LogP contribution < -0.4 is 10.1 Å². The molecule has 3 rings (SSSR count). The second-order valence-electron chi connectivity index (χ2n) is 4.87. The van der Waals surface area contributed by atoms with Crippen molar-refractivity contribution in [2.45, 2.75) is 6.54 Å². The van der Waals surface area contributed by atoms with Gasteiger partial charge in [-0.3, -0.25) is 9.36 Å². The van der Waals surface area contributed by atoms with Gasteiger partial charge in [-0.05, 0) is 23.8 Å². The molecule has 0 aliphatic carbocycles. The van der Waals surface area contributed by atoms with Gasteiger partial charge in [0, 0.05) is 24.5 Å². The largest absolute Gasteiger partial charge is 0.481 e. The van der Waals surface area contributed by atoms with Crippen molar-refractivity contribution in [1.29, 1.82) is 0 Å². The molecule has 0 fully saturated rings. The highest BCUT2D eigenvalue weighted by Gasteiger charge is 2.12. The topological polar surface area (TPSA) is 69.0 Å². The zero-order valence-electron chi connectivity index (χ0n) is 12.6. The summed E-state index contributed by atoms with van der Waals surface area (Å²) in [6, 6.07) is 13.2. The molecule has 0 unspecified atom stereocenters. The number of amides is 1. The van der Waals surface area contributed by atoms with E-state index in [1.165, 1.54) is 0 Å². The van der Waals surface area contributed by atoms with E-state index < -0.39 is 0 Å². The number of hydrogen-bond donors (Lipinski definition) is 1. The van der Waals surface area contributed by atoms with E-state index in [1.807, 2.05) is 36.4 Å². The lowest BCUT2D eigenvalue weighted by molar-refractivity contribution is 0.0944. The Morgan fingerprint density at radius 2 is 2.09 bits per heavy atom. The van der Waals surface area contributed by atoms with Gasteiger partial charge in [0.05, 0.1) is 19.6 Å². The van der Waals surface area contributed by atoms with Gasteiger partial charge in [-0.1, -0.05) is 18.2 Å². The Morgan fingerprint density at radius 1 is 1.26 bits per heavy atom. The molecule has 0 spiro atoms. The Kier molecular flexibility index (Phi) is 4.33. The zero-order chi connectivity index (χ0) is 16.1. The smallest absolute Gasteiger partial charge is 0.270 e. The van der Waals surface area contributed by atoms with Gasteiger partial charge in [0.15, 0.2) is 0 Å². The highest BCUT2D eigenvalue weighted by Crippen LogP contribution is 2.12. The highest BCUT2D eigenvalue weighted by molar-refractivity contribution is 5.92. The molecular formula is C17H16N4O2. The van der Waals surface area contributed by atoms with Gasteiger partial charge < -0.3 is 10.1 Å². The molecule has 6 heteroatoms. The third-order valence-electron chi connectivity index (χ3n) is 3.37. The summed E-state index contributed by atoms with van der Waals surface area (Å²) >= 11 is 0. The van der Waals surface area contributed by atoms with Crippen molar-refractivity contribution in [3.05, 3.63) is 72.4 Å². The minimum Gasteiger partial charge on any atom is -0.481 e. The summed E-state index contributed by atoms with van der Waals surface area (Å²) in [5.41, 5.74) is 2.29. The van der Waals surface area contributed by atoms with E-state index in [-0.39, 0.29) is 5.91 Å². The van der Waals surface area contributed by atoms with E-state index in [2.05, 4.69) is 15.3 Å². The summed E-state index contributed by atoms with van der Waals surface area (Å²) in [6.07, 6.45) is 4.82. The maximum Gasteiger partial charge on any atom is 0.270 e. The first kappa shape index (κ1) is 14.8. The van der Waals surface area contributed by atoms with Crippen LogP contribution in [0.15, 0.2) is 61.2 Å². The second-order valence-corrected chi connectivity index (χ2v) is 4.87. The van der Waals surface area contributed by atoms with Crippen molar-refractivity contribution in [1.82, 2.24) is 19.9 Å². The van der Waals surface area contributed by atoms with E-state index >= 15 is 0 Å². The average Bonchev–Trinajstić information content (AvgIpc) is 3.10. The number of ether oxygens (including phenoxy) is 1. The molecule has 23 heavy (non-hydrogen) atoms. The third kappa shape index (κ3) is 3.37. The third-order valence-corrected chi connectivity index (χ3v) is 3.37. The van der Waals surface area contributed by atoms with Crippen LogP contribution >= 0.6 is 0 Å². The number of carbonyl (C=O) groups is 1. The van der Waals surface area contributed by atoms with Gasteiger partial charge in [0.2, 0.25) is 5.88 Å². The molecule has 1 amide bonds. The second kappa shape index (κ2) is 6.74. The number of pyridine rings is 1. The number of rotatable bonds is 5. The summed E-state index contributed by atoms with van der Waals surface area (Å²) < 4.78 is 6.83. The average molecular weight is 308 g/mol. The number of nitrogens with zero attached hydrogens (tertiary/aromatic N) is 3. The number of aromatic nitrogens is 3. The van der Waals surface area contributed by atoms with Gasteiger partial charge in [-0.15, -0.1) is 0 Å². The number of benzene rings is 1. The van der Waals surface area contributed by atoms with E-state index in [0.29, 0.717) is 18.1 Å². The molecule has 0 aliphatic rings. The van der Waals surface area contributed by atoms with Gasteiger partial charge in [0.1, 0.15) is 5.69 Å². The van der Waals surface area contributed by atoms with Crippen molar-refractivity contribution in [2.24, 2.45) is 0 Å². The maximum atomic E-state index is 12.4. The first-order chi connectivity index (χ1) is 11.3. The minimum atomic E-state index is -0.192. The quantitative estimate of drug-likeness (QED) is 0.784. The predicted octanol–water partition coefficient (Wildman–Crippen LogP) is 2.21. The Labute approximate surface area is 133 Å². The molecular weight excluding hydrogens is 292 g/mol. The van der Waals surface area contributed by atoms with E-state index in [0.717, 1.165) is 11.3 Å². The normalized spacial score (nSPS) is 10.3. The molecule has 1 aromatic carbocycles. The molecule has 3 aromatic rings. The van der Waals surface area contributed by atoms with Crippen LogP contribution in [-0.2, 0) is 6.54 Å². The van der Waals surface area contributed by atoms with Crippen LogP contribution in [0.5, 0.6) is 5.88 Å². The van der Waals surface area contributed by atoms with Crippen LogP contribution in [-0.4, -0.2) is 27.6 Å². The Balaban J connectivity index is 1.73. The van der Waals surface area contributed by atoms with Crippen LogP contribution in [0.3, 0.4) is 0 Å². The highest BCUT2D eigenvalue weighted by atomic mass is 16.5. The lowest BCUT2D eigenvalue weighted by Gasteiger charge is -2.09. The van der Waals surface area contributed by atoms with Crippen LogP contribution in [0.4, 0.5) is 0 Å². The van der Waals surface area contributed by atoms with Gasteiger partial charge in [0.25, 0.3) is 5.91 Å². The summed E-state index contributed by atoms with van der Waals surface area (Å²) in [6.45, 7) is 0.387. The number of hydrogen-bond acceptors (Lipinski definition) is 4. The molecule has 0 bridgehead atoms. The first-order valence-electron chi connectivity index (χ1n) is 7.13. The summed E-state index contributed by atoms with van der Waals surface area (Å²) in [5.74, 6) is 0.327. The molecule has 116 valence electrons. The molecule has 0 saturated heterocycles. The number of methoxy groups -OCH3 is 1. The number of carbonyl (C=O) groups excluding carboxylic acids is 1. The molecule has 0 aliphatic heterocycles. The fraction of sp³-hybridized carbons (Fsp3) is 0.118. The van der Waals surface area contributed by atoms with Crippen LogP contribution in [0.1, 0.15) is 16.1 Å². The summed E-state index contributed by atoms with van der Waals surface area (Å²) in [5, 5.41) is 2.88. The zero-order valence-corrected chi connectivity index (χ0v) is 12.6. The number of nitrogens with one attached hydrogen (secondary N) is 1. The lowest BCUT2D eigenvalue weighted by atomic mass is 10.2. The molecule has 0 atom stereocenters. The SMILES string of the molecule is COc1cc(CNC(=O)c2cncn2-c2ccccc2)ccn1. The molecule has 0 radical (unpaired) electrons. The van der Waals surface area contributed by atoms with Crippen LogP contribution in [0.25, 0.3) is 5.69 Å². The standard InChI is InChI=1S/C17H16N4O2/c1-23-16-9-13(7-8-19-16)10-20-17(22)15-11-18-12-21(15)14-5-3-2-4-6-14/h2-9,11-12H,10H2,1H3,(H,20,22). The Hall–Kier alpha value is -3.15. The molecule has 0 saturated carbocycles. The molecule has 2 heterocycles. The van der Waals surface area contributed by atoms with E-state index in [1.54, 1.807) is 36.5 Å². The van der Waals surface area contributed by atoms with Crippen molar-refractivity contribution >= 4 is 5.91 Å². The molecule has 1 N–H and O–H groups in total. The fourth-order valence-corrected chi connectivity index (χ4v) is 2.20. The predicted molar refractivity (Wildman–Crippen MR) is 85.5 cm³/mol. The Bertz CT molecular complexity index is 799. The summed E-state index contributed by atoms with van der Waals surface area (Å²) in [7, 11) is 1.56. The lowest BCUT2D eigenvalue weighted by Crippen LogP contribution is -2.25. The van der Waals surface area contributed by atoms with Crippen molar-refractivity contribution in [3.8, 4) is 11.6 Å². The molecule has 2 aromatic heterocycles. The van der Waals surface area contributed by atoms with E-state index in [4.69, 9.17) is 4.74 Å². The number of imidazole rings is 1. The Morgan fingerprint density at radius 3 is 2.87 bits per heavy atom. The van der Waals surface area contributed by atoms with Crippen molar-refractivity contribution in [2.75, 3.05) is 7.11 Å². The minimum absolute atomic E-state index is 0.192. The van der Waals surface area contributed by atoms with Crippen molar-refractivity contribution in [3.63, 3.8) is 0 Å². The van der Waals surface area contributed by atoms with Crippen LogP contribution in [0.2, 0.25) is 0 Å². The van der Waals surface area contributed by atoms with E-state index in [9.17, 15) is 4.79 Å². The fourth-order valence-electron chi connectivity index (χ4n) is 2.20. The van der Waals surface area contributed by atoms with Crippen molar-refractivity contribution < 1.29 is 9.53 Å². The number of para-hydroxylation sites is 1. The van der Waals surface area contributed by atoms with Gasteiger partial charge >= 0.3 is 0 Å². The summed E-state index contributed by atoms with van der Waals surface area (Å²) in [4.78, 5) is 20.5. The molecule has 6 nitrogen and oxygen atoms in total. The van der Waals surface area contributed by atoms with Crippen LogP contribution in [0, 0.1) is 0 Å².